The van der Waals surface area contributed by atoms with Crippen molar-refractivity contribution in [2.24, 2.45) is 0 Å². The van der Waals surface area contributed by atoms with Crippen LogP contribution in [-0.4, -0.2) is 9.78 Å². The van der Waals surface area contributed by atoms with Crippen LogP contribution in [0.2, 0.25) is 0 Å². The summed E-state index contributed by atoms with van der Waals surface area (Å²) in [6.45, 7) is 8.20. The summed E-state index contributed by atoms with van der Waals surface area (Å²) < 4.78 is 1.95. The SMILES string of the molecule is CCn1cc(CN[C@@H](C)c2cccc(C)c2)cn1. The fourth-order valence-corrected chi connectivity index (χ4v) is 2.00. The Morgan fingerprint density at radius 1 is 1.39 bits per heavy atom. The molecule has 0 spiro atoms. The minimum absolute atomic E-state index is 0.356. The van der Waals surface area contributed by atoms with Crippen molar-refractivity contribution >= 4 is 0 Å². The van der Waals surface area contributed by atoms with E-state index in [9.17, 15) is 0 Å². The zero-order valence-corrected chi connectivity index (χ0v) is 11.4. The van der Waals surface area contributed by atoms with Gasteiger partial charge < -0.3 is 5.32 Å². The lowest BCUT2D eigenvalue weighted by Crippen LogP contribution is -2.17. The molecule has 0 radical (unpaired) electrons. The van der Waals surface area contributed by atoms with Gasteiger partial charge in [-0.3, -0.25) is 4.68 Å². The molecule has 0 aliphatic carbocycles. The van der Waals surface area contributed by atoms with Crippen LogP contribution in [0.25, 0.3) is 0 Å². The molecule has 3 heteroatoms. The number of nitrogens with zero attached hydrogens (tertiary/aromatic N) is 2. The zero-order chi connectivity index (χ0) is 13.0. The predicted octanol–water partition coefficient (Wildman–Crippen LogP) is 3.06. The third-order valence-corrected chi connectivity index (χ3v) is 3.17. The first-order valence-electron chi connectivity index (χ1n) is 6.50. The molecule has 1 N–H and O–H groups in total. The van der Waals surface area contributed by atoms with Crippen LogP contribution in [-0.2, 0) is 13.1 Å². The van der Waals surface area contributed by atoms with E-state index in [1.165, 1.54) is 16.7 Å². The predicted molar refractivity (Wildman–Crippen MR) is 74.3 cm³/mol. The Labute approximate surface area is 109 Å². The number of aryl methyl sites for hydroxylation is 2. The maximum absolute atomic E-state index is 4.28. The monoisotopic (exact) mass is 243 g/mol. The summed E-state index contributed by atoms with van der Waals surface area (Å²) in [6, 6.07) is 8.99. The molecule has 2 aromatic rings. The molecule has 0 fully saturated rings. The van der Waals surface area contributed by atoms with Crippen LogP contribution >= 0.6 is 0 Å². The smallest absolute Gasteiger partial charge is 0.0534 e. The van der Waals surface area contributed by atoms with E-state index in [2.05, 4.69) is 61.6 Å². The zero-order valence-electron chi connectivity index (χ0n) is 11.4. The van der Waals surface area contributed by atoms with Crippen LogP contribution in [0, 0.1) is 6.92 Å². The summed E-state index contributed by atoms with van der Waals surface area (Å²) in [5.41, 5.74) is 3.87. The summed E-state index contributed by atoms with van der Waals surface area (Å²) in [6.07, 6.45) is 4.02. The Balaban J connectivity index is 1.93. The average molecular weight is 243 g/mol. The molecule has 0 saturated carbocycles. The summed E-state index contributed by atoms with van der Waals surface area (Å²) in [4.78, 5) is 0. The average Bonchev–Trinajstić information content (AvgIpc) is 2.84. The largest absolute Gasteiger partial charge is 0.306 e. The Kier molecular flexibility index (Phi) is 4.15. The summed E-state index contributed by atoms with van der Waals surface area (Å²) in [7, 11) is 0. The first kappa shape index (κ1) is 12.8. The van der Waals surface area contributed by atoms with Crippen molar-refractivity contribution in [2.45, 2.75) is 39.9 Å². The highest BCUT2D eigenvalue weighted by molar-refractivity contribution is 5.24. The van der Waals surface area contributed by atoms with Crippen molar-refractivity contribution < 1.29 is 0 Å². The molecule has 18 heavy (non-hydrogen) atoms. The number of hydrogen-bond acceptors (Lipinski definition) is 2. The van der Waals surface area contributed by atoms with Gasteiger partial charge in [-0.1, -0.05) is 29.8 Å². The highest BCUT2D eigenvalue weighted by Gasteiger charge is 2.05. The quantitative estimate of drug-likeness (QED) is 0.874. The van der Waals surface area contributed by atoms with Crippen molar-refractivity contribution in [1.82, 2.24) is 15.1 Å². The van der Waals surface area contributed by atoms with Crippen LogP contribution in [0.4, 0.5) is 0 Å². The maximum Gasteiger partial charge on any atom is 0.0534 e. The molecule has 0 aliphatic rings. The van der Waals surface area contributed by atoms with Crippen LogP contribution < -0.4 is 5.32 Å². The number of aromatic nitrogens is 2. The number of hydrogen-bond donors (Lipinski definition) is 1. The highest BCUT2D eigenvalue weighted by Crippen LogP contribution is 2.14. The molecule has 0 bridgehead atoms. The molecule has 1 atom stereocenters. The standard InChI is InChI=1S/C15H21N3/c1-4-18-11-14(10-17-18)9-16-13(3)15-7-5-6-12(2)8-15/h5-8,10-11,13,16H,4,9H2,1-3H3/t13-/m0/s1. The van der Waals surface area contributed by atoms with Crippen LogP contribution in [0.5, 0.6) is 0 Å². The lowest BCUT2D eigenvalue weighted by atomic mass is 10.1. The Bertz CT molecular complexity index is 502. The van der Waals surface area contributed by atoms with Gasteiger partial charge >= 0.3 is 0 Å². The van der Waals surface area contributed by atoms with Gasteiger partial charge in [-0.2, -0.15) is 5.10 Å². The Morgan fingerprint density at radius 2 is 2.22 bits per heavy atom. The normalized spacial score (nSPS) is 12.6. The summed E-state index contributed by atoms with van der Waals surface area (Å²) in [5.74, 6) is 0. The molecule has 1 aromatic carbocycles. The van der Waals surface area contributed by atoms with E-state index in [4.69, 9.17) is 0 Å². The van der Waals surface area contributed by atoms with Crippen molar-refractivity contribution in [2.75, 3.05) is 0 Å². The maximum atomic E-state index is 4.28. The van der Waals surface area contributed by atoms with Crippen molar-refractivity contribution in [1.29, 1.82) is 0 Å². The molecule has 3 nitrogen and oxygen atoms in total. The van der Waals surface area contributed by atoms with Gasteiger partial charge in [0, 0.05) is 30.9 Å². The second-order valence-corrected chi connectivity index (χ2v) is 4.72. The second-order valence-electron chi connectivity index (χ2n) is 4.72. The van der Waals surface area contributed by atoms with Crippen LogP contribution in [0.3, 0.4) is 0 Å². The molecule has 0 saturated heterocycles. The number of benzene rings is 1. The first-order valence-corrected chi connectivity index (χ1v) is 6.50. The van der Waals surface area contributed by atoms with Gasteiger partial charge in [0.2, 0.25) is 0 Å². The topological polar surface area (TPSA) is 29.9 Å². The molecular formula is C15H21N3. The van der Waals surface area contributed by atoms with Crippen LogP contribution in [0.15, 0.2) is 36.7 Å². The molecule has 96 valence electrons. The van der Waals surface area contributed by atoms with E-state index < -0.39 is 0 Å². The first-order chi connectivity index (χ1) is 8.69. The fraction of sp³-hybridized carbons (Fsp3) is 0.400. The third-order valence-electron chi connectivity index (χ3n) is 3.17. The van der Waals surface area contributed by atoms with E-state index in [-0.39, 0.29) is 0 Å². The van der Waals surface area contributed by atoms with Gasteiger partial charge in [0.15, 0.2) is 0 Å². The molecule has 0 amide bonds. The summed E-state index contributed by atoms with van der Waals surface area (Å²) >= 11 is 0. The molecule has 1 aromatic heterocycles. The van der Waals surface area contributed by atoms with Crippen LogP contribution in [0.1, 0.15) is 36.6 Å². The minimum atomic E-state index is 0.356. The third kappa shape index (κ3) is 3.20. The van der Waals surface area contributed by atoms with Crippen molar-refractivity contribution in [3.8, 4) is 0 Å². The van der Waals surface area contributed by atoms with Crippen molar-refractivity contribution in [3.05, 3.63) is 53.3 Å². The van der Waals surface area contributed by atoms with E-state index in [1.807, 2.05) is 10.9 Å². The van der Waals surface area contributed by atoms with Gasteiger partial charge in [-0.25, -0.2) is 0 Å². The number of nitrogens with one attached hydrogen (secondary N) is 1. The lowest BCUT2D eigenvalue weighted by Gasteiger charge is -2.14. The van der Waals surface area contributed by atoms with Gasteiger partial charge in [-0.05, 0) is 26.3 Å². The fourth-order valence-electron chi connectivity index (χ4n) is 2.00. The van der Waals surface area contributed by atoms with Crippen molar-refractivity contribution in [3.63, 3.8) is 0 Å². The molecule has 0 unspecified atom stereocenters. The van der Waals surface area contributed by atoms with Gasteiger partial charge in [0.1, 0.15) is 0 Å². The molecule has 0 aliphatic heterocycles. The number of rotatable bonds is 5. The molecular weight excluding hydrogens is 222 g/mol. The Morgan fingerprint density at radius 3 is 2.89 bits per heavy atom. The lowest BCUT2D eigenvalue weighted by molar-refractivity contribution is 0.573. The minimum Gasteiger partial charge on any atom is -0.306 e. The van der Waals surface area contributed by atoms with Gasteiger partial charge in [-0.15, -0.1) is 0 Å². The second kappa shape index (κ2) is 5.83. The van der Waals surface area contributed by atoms with E-state index >= 15 is 0 Å². The molecule has 1 heterocycles. The van der Waals surface area contributed by atoms with E-state index in [0.717, 1.165) is 13.1 Å². The van der Waals surface area contributed by atoms with Gasteiger partial charge in [0.25, 0.3) is 0 Å². The molecule has 2 rings (SSSR count). The van der Waals surface area contributed by atoms with Gasteiger partial charge in [0.05, 0.1) is 6.20 Å². The van der Waals surface area contributed by atoms with E-state index in [1.54, 1.807) is 0 Å². The van der Waals surface area contributed by atoms with E-state index in [0.29, 0.717) is 6.04 Å². The Hall–Kier alpha value is -1.61. The highest BCUT2D eigenvalue weighted by atomic mass is 15.3. The summed E-state index contributed by atoms with van der Waals surface area (Å²) in [5, 5.41) is 7.80.